The number of alkyl halides is 3. The van der Waals surface area contributed by atoms with Crippen molar-refractivity contribution in [3.8, 4) is 12.3 Å². The van der Waals surface area contributed by atoms with Gasteiger partial charge in [0.1, 0.15) is 19.4 Å². The van der Waals surface area contributed by atoms with Gasteiger partial charge in [-0.05, 0) is 36.1 Å². The normalized spacial score (nSPS) is 18.1. The highest BCUT2D eigenvalue weighted by Crippen LogP contribution is 2.31. The molecule has 1 N–H and O–H groups in total. The molecule has 1 aliphatic heterocycles. The van der Waals surface area contributed by atoms with Crippen LogP contribution in [0.5, 0.6) is 0 Å². The van der Waals surface area contributed by atoms with Crippen molar-refractivity contribution in [3.63, 3.8) is 0 Å². The number of hydrogen-bond donors (Lipinski definition) is 1. The Balaban J connectivity index is 1.57. The summed E-state index contributed by atoms with van der Waals surface area (Å²) in [5.41, 5.74) is 1.24. The van der Waals surface area contributed by atoms with Crippen molar-refractivity contribution < 1.29 is 27.3 Å². The van der Waals surface area contributed by atoms with E-state index in [1.54, 1.807) is 4.31 Å². The first-order valence-corrected chi connectivity index (χ1v) is 13.3. The van der Waals surface area contributed by atoms with E-state index in [9.17, 15) is 22.5 Å². The summed E-state index contributed by atoms with van der Waals surface area (Å²) >= 11 is -1.46. The summed E-state index contributed by atoms with van der Waals surface area (Å²) in [7, 11) is 0. The van der Waals surface area contributed by atoms with Crippen LogP contribution in [-0.4, -0.2) is 77.0 Å². The lowest BCUT2D eigenvalue weighted by Crippen LogP contribution is -2.52. The number of fused-ring (bicyclic) bond motifs is 1. The van der Waals surface area contributed by atoms with E-state index in [0.29, 0.717) is 12.8 Å². The lowest BCUT2D eigenvalue weighted by Gasteiger charge is -2.39. The van der Waals surface area contributed by atoms with Crippen LogP contribution >= 0.6 is 0 Å². The molecule has 2 aromatic rings. The predicted molar refractivity (Wildman–Crippen MR) is 135 cm³/mol. The van der Waals surface area contributed by atoms with E-state index in [-0.39, 0.29) is 18.6 Å². The summed E-state index contributed by atoms with van der Waals surface area (Å²) in [5.74, 6) is 1.35. The highest BCUT2D eigenvalue weighted by atomic mass is 32.2. The van der Waals surface area contributed by atoms with Gasteiger partial charge in [-0.3, -0.25) is 9.69 Å². The number of piperidine rings is 1. The SMILES string of the molecule is C#CCOC(CNC(=O)CN(C1CCN(C(C)c2cccc3ccccc23)CC1)[S+](C)[O-])C(F)(F)F. The van der Waals surface area contributed by atoms with Gasteiger partial charge in [-0.15, -0.1) is 10.7 Å². The fourth-order valence-electron chi connectivity index (χ4n) is 4.62. The first-order valence-electron chi connectivity index (χ1n) is 11.8. The molecular weight excluding hydrogens is 491 g/mol. The second-order valence-electron chi connectivity index (χ2n) is 8.86. The second kappa shape index (κ2) is 12.8. The van der Waals surface area contributed by atoms with Crippen molar-refractivity contribution in [2.75, 3.05) is 39.0 Å². The van der Waals surface area contributed by atoms with Gasteiger partial charge >= 0.3 is 6.18 Å². The monoisotopic (exact) mass is 523 g/mol. The fraction of sp³-hybridized carbons (Fsp3) is 0.500. The van der Waals surface area contributed by atoms with E-state index in [4.69, 9.17) is 6.42 Å². The summed E-state index contributed by atoms with van der Waals surface area (Å²) < 4.78 is 57.8. The zero-order valence-electron chi connectivity index (χ0n) is 20.5. The smallest absolute Gasteiger partial charge is 0.416 e. The molecular formula is C26H32F3N3O3S. The number of likely N-dealkylation sites (tertiary alicyclic amines) is 1. The molecule has 0 saturated carbocycles. The molecule has 0 aliphatic carbocycles. The van der Waals surface area contributed by atoms with Crippen LogP contribution < -0.4 is 5.32 Å². The molecule has 0 radical (unpaired) electrons. The minimum Gasteiger partial charge on any atom is -0.598 e. The van der Waals surface area contributed by atoms with Crippen LogP contribution in [0.25, 0.3) is 10.8 Å². The van der Waals surface area contributed by atoms with E-state index in [2.05, 4.69) is 52.2 Å². The fourth-order valence-corrected chi connectivity index (χ4v) is 5.55. The number of nitrogens with zero attached hydrogens (tertiary/aromatic N) is 2. The van der Waals surface area contributed by atoms with Gasteiger partial charge in [-0.25, -0.2) is 0 Å². The van der Waals surface area contributed by atoms with Gasteiger partial charge in [-0.2, -0.15) is 13.2 Å². The molecule has 1 fully saturated rings. The summed E-state index contributed by atoms with van der Waals surface area (Å²) in [5, 5.41) is 4.65. The van der Waals surface area contributed by atoms with Crippen molar-refractivity contribution in [3.05, 3.63) is 48.0 Å². The molecule has 1 aliphatic rings. The number of terminal acetylenes is 1. The molecule has 3 atom stereocenters. The maximum absolute atomic E-state index is 13.1. The third-order valence-electron chi connectivity index (χ3n) is 6.57. The number of hydrogen-bond acceptors (Lipinski definition) is 5. The Hall–Kier alpha value is -2.29. The first-order chi connectivity index (χ1) is 17.1. The molecule has 0 bridgehead atoms. The third kappa shape index (κ3) is 7.37. The summed E-state index contributed by atoms with van der Waals surface area (Å²) in [6.07, 6.45) is 0.976. The van der Waals surface area contributed by atoms with Crippen LogP contribution in [0, 0.1) is 12.3 Å². The largest absolute Gasteiger partial charge is 0.598 e. The molecule has 6 nitrogen and oxygen atoms in total. The summed E-state index contributed by atoms with van der Waals surface area (Å²) in [6.45, 7) is 2.15. The maximum Gasteiger partial charge on any atom is 0.416 e. The van der Waals surface area contributed by atoms with Crippen LogP contribution in [0.3, 0.4) is 0 Å². The Morgan fingerprint density at radius 2 is 1.94 bits per heavy atom. The van der Waals surface area contributed by atoms with Gasteiger partial charge in [0.2, 0.25) is 5.91 Å². The molecule has 1 heterocycles. The van der Waals surface area contributed by atoms with Crippen molar-refractivity contribution in [1.29, 1.82) is 0 Å². The molecule has 2 aromatic carbocycles. The average Bonchev–Trinajstić information content (AvgIpc) is 2.85. The average molecular weight is 524 g/mol. The number of amides is 1. The van der Waals surface area contributed by atoms with E-state index in [1.165, 1.54) is 22.6 Å². The van der Waals surface area contributed by atoms with Crippen LogP contribution in [-0.2, 0) is 20.9 Å². The van der Waals surface area contributed by atoms with Gasteiger partial charge in [0.25, 0.3) is 0 Å². The Kier molecular flexibility index (Phi) is 10.0. The Morgan fingerprint density at radius 3 is 2.58 bits per heavy atom. The standard InChI is InChI=1S/C26H32F3N3O3S/c1-4-16-35-24(26(27,28)29)17-30-25(33)18-32(36(3)34)21-12-14-31(15-13-21)19(2)22-11-7-9-20-8-5-6-10-23(20)22/h1,5-11,19,21,24H,12-18H2,2-3H3,(H,30,33). The molecule has 1 amide bonds. The number of benzene rings is 2. The number of rotatable bonds is 10. The van der Waals surface area contributed by atoms with Gasteiger partial charge in [0.05, 0.1) is 12.6 Å². The van der Waals surface area contributed by atoms with E-state index in [0.717, 1.165) is 13.1 Å². The molecule has 36 heavy (non-hydrogen) atoms. The highest BCUT2D eigenvalue weighted by Gasteiger charge is 2.41. The minimum absolute atomic E-state index is 0.117. The van der Waals surface area contributed by atoms with Crippen LogP contribution in [0.2, 0.25) is 0 Å². The number of carbonyl (C=O) groups is 1. The zero-order chi connectivity index (χ0) is 26.3. The number of ether oxygens (including phenoxy) is 1. The molecule has 3 unspecified atom stereocenters. The molecule has 0 spiro atoms. The molecule has 0 aromatic heterocycles. The minimum atomic E-state index is -4.66. The number of carbonyl (C=O) groups excluding carboxylic acids is 1. The van der Waals surface area contributed by atoms with Crippen molar-refractivity contribution in [1.82, 2.24) is 14.5 Å². The van der Waals surface area contributed by atoms with Crippen LogP contribution in [0.1, 0.15) is 31.4 Å². The van der Waals surface area contributed by atoms with Crippen molar-refractivity contribution in [2.45, 2.75) is 44.1 Å². The zero-order valence-corrected chi connectivity index (χ0v) is 21.3. The van der Waals surface area contributed by atoms with E-state index < -0.39 is 42.7 Å². The molecule has 196 valence electrons. The Morgan fingerprint density at radius 1 is 1.28 bits per heavy atom. The van der Waals surface area contributed by atoms with E-state index >= 15 is 0 Å². The molecule has 1 saturated heterocycles. The topological polar surface area (TPSA) is 67.9 Å². The van der Waals surface area contributed by atoms with Gasteiger partial charge in [-0.1, -0.05) is 48.4 Å². The second-order valence-corrected chi connectivity index (χ2v) is 10.2. The quantitative estimate of drug-likeness (QED) is 0.380. The van der Waals surface area contributed by atoms with Crippen molar-refractivity contribution >= 4 is 28.0 Å². The van der Waals surface area contributed by atoms with Crippen molar-refractivity contribution in [2.24, 2.45) is 0 Å². The van der Waals surface area contributed by atoms with Gasteiger partial charge in [0.15, 0.2) is 6.10 Å². The predicted octanol–water partition coefficient (Wildman–Crippen LogP) is 3.66. The molecule has 3 rings (SSSR count). The maximum atomic E-state index is 13.1. The highest BCUT2D eigenvalue weighted by molar-refractivity contribution is 7.88. The molecule has 10 heteroatoms. The lowest BCUT2D eigenvalue weighted by molar-refractivity contribution is -0.214. The lowest BCUT2D eigenvalue weighted by atomic mass is 9.96. The third-order valence-corrected chi connectivity index (χ3v) is 7.66. The first kappa shape index (κ1) is 28.3. The van der Waals surface area contributed by atoms with E-state index in [1.807, 2.05) is 18.1 Å². The summed E-state index contributed by atoms with van der Waals surface area (Å²) in [6, 6.07) is 14.6. The van der Waals surface area contributed by atoms with Gasteiger partial charge < -0.3 is 14.6 Å². The summed E-state index contributed by atoms with van der Waals surface area (Å²) in [4.78, 5) is 14.8. The van der Waals surface area contributed by atoms with Gasteiger partial charge in [0, 0.05) is 30.5 Å². The van der Waals surface area contributed by atoms with Crippen LogP contribution in [0.4, 0.5) is 13.2 Å². The number of nitrogens with one attached hydrogen (secondary N) is 1. The Labute approximate surface area is 213 Å². The Bertz CT molecular complexity index is 1050. The van der Waals surface area contributed by atoms with Crippen LogP contribution in [0.15, 0.2) is 42.5 Å². The number of halogens is 3.